The third-order valence-corrected chi connectivity index (χ3v) is 2.68. The van der Waals surface area contributed by atoms with Crippen LogP contribution in [0.3, 0.4) is 0 Å². The summed E-state index contributed by atoms with van der Waals surface area (Å²) in [6.07, 6.45) is -0.0933. The summed E-state index contributed by atoms with van der Waals surface area (Å²) in [5.41, 5.74) is 0. The molecule has 13 heavy (non-hydrogen) atoms. The normalized spacial score (nSPS) is 36.0. The fraction of sp³-hybridized carbons (Fsp3) is 1.00. The van der Waals surface area contributed by atoms with Gasteiger partial charge in [-0.25, -0.2) is 4.57 Å². The van der Waals surface area contributed by atoms with Crippen molar-refractivity contribution in [3.05, 3.63) is 0 Å². The van der Waals surface area contributed by atoms with Crippen LogP contribution in [0.1, 0.15) is 0 Å². The lowest BCUT2D eigenvalue weighted by Gasteiger charge is -2.22. The molecule has 0 aliphatic carbocycles. The van der Waals surface area contributed by atoms with Crippen LogP contribution in [0.2, 0.25) is 0 Å². The predicted octanol–water partition coefficient (Wildman–Crippen LogP) is 0.456. The van der Waals surface area contributed by atoms with E-state index in [2.05, 4.69) is 13.2 Å². The van der Waals surface area contributed by atoms with Crippen molar-refractivity contribution in [2.75, 3.05) is 19.5 Å². The number of halogens is 1. The molecular formula is C4H8FO6PS. The van der Waals surface area contributed by atoms with Crippen molar-refractivity contribution in [3.8, 4) is 0 Å². The van der Waals surface area contributed by atoms with Crippen LogP contribution in [0.5, 0.6) is 0 Å². The second-order valence-electron chi connectivity index (χ2n) is 2.44. The van der Waals surface area contributed by atoms with Crippen LogP contribution >= 0.6 is 7.91 Å². The first-order chi connectivity index (χ1) is 5.79. The maximum Gasteiger partial charge on any atom is 0.513 e. The highest BCUT2D eigenvalue weighted by Gasteiger charge is 2.34. The van der Waals surface area contributed by atoms with Crippen LogP contribution in [0.15, 0.2) is 0 Å². The highest BCUT2D eigenvalue weighted by Crippen LogP contribution is 2.52. The van der Waals surface area contributed by atoms with Gasteiger partial charge in [-0.05, 0) is 0 Å². The summed E-state index contributed by atoms with van der Waals surface area (Å²) in [7, 11) is -8.10. The smallest absolute Gasteiger partial charge is 0.281 e. The molecule has 6 nitrogen and oxygen atoms in total. The molecule has 0 aromatic rings. The van der Waals surface area contributed by atoms with E-state index in [9.17, 15) is 17.2 Å². The van der Waals surface area contributed by atoms with Gasteiger partial charge in [0.2, 0.25) is 0 Å². The maximum absolute atomic E-state index is 12.4. The monoisotopic (exact) mass is 234 g/mol. The van der Waals surface area contributed by atoms with Gasteiger partial charge < -0.3 is 0 Å². The Kier molecular flexibility index (Phi) is 3.09. The lowest BCUT2D eigenvalue weighted by molar-refractivity contribution is 0.0221. The summed E-state index contributed by atoms with van der Waals surface area (Å²) < 4.78 is 56.6. The molecule has 1 rings (SSSR count). The second kappa shape index (κ2) is 3.62. The molecule has 0 radical (unpaired) electrons. The van der Waals surface area contributed by atoms with Gasteiger partial charge in [-0.2, -0.15) is 8.42 Å². The van der Waals surface area contributed by atoms with Gasteiger partial charge >= 0.3 is 7.91 Å². The molecular weight excluding hydrogens is 226 g/mol. The van der Waals surface area contributed by atoms with Gasteiger partial charge in [0.25, 0.3) is 10.1 Å². The van der Waals surface area contributed by atoms with E-state index in [-0.39, 0.29) is 0 Å². The fourth-order valence-electron chi connectivity index (χ4n) is 0.732. The van der Waals surface area contributed by atoms with Crippen LogP contribution in [0.4, 0.5) is 4.20 Å². The van der Waals surface area contributed by atoms with Crippen LogP contribution in [-0.4, -0.2) is 34.0 Å². The van der Waals surface area contributed by atoms with Crippen molar-refractivity contribution >= 4 is 18.0 Å². The zero-order valence-corrected chi connectivity index (χ0v) is 8.39. The summed E-state index contributed by atoms with van der Waals surface area (Å²) in [6.45, 7) is -0.804. The first-order valence-electron chi connectivity index (χ1n) is 3.25. The minimum atomic E-state index is -4.46. The first kappa shape index (κ1) is 11.1. The Hall–Kier alpha value is -0.0100. The topological polar surface area (TPSA) is 78.9 Å². The van der Waals surface area contributed by atoms with E-state index < -0.39 is 37.3 Å². The highest BCUT2D eigenvalue weighted by atomic mass is 32.2. The average molecular weight is 234 g/mol. The van der Waals surface area contributed by atoms with E-state index in [0.717, 1.165) is 6.26 Å². The van der Waals surface area contributed by atoms with E-state index in [4.69, 9.17) is 0 Å². The van der Waals surface area contributed by atoms with E-state index >= 15 is 0 Å². The Balaban J connectivity index is 2.47. The Bertz CT molecular complexity index is 314. The molecule has 1 saturated heterocycles. The SMILES string of the molecule is CS(=O)(=O)OC1COP(=O)(F)OC1. The van der Waals surface area contributed by atoms with Crippen molar-refractivity contribution in [3.63, 3.8) is 0 Å². The van der Waals surface area contributed by atoms with Gasteiger partial charge in [0.1, 0.15) is 6.10 Å². The quantitative estimate of drug-likeness (QED) is 0.510. The molecule has 0 bridgehead atoms. The molecule has 1 aliphatic rings. The fourth-order valence-corrected chi connectivity index (χ4v) is 2.10. The van der Waals surface area contributed by atoms with Crippen molar-refractivity contribution in [2.24, 2.45) is 0 Å². The third-order valence-electron chi connectivity index (χ3n) is 1.14. The molecule has 0 amide bonds. The molecule has 0 spiro atoms. The number of rotatable bonds is 2. The molecule has 1 fully saturated rings. The second-order valence-corrected chi connectivity index (χ2v) is 5.42. The molecule has 0 saturated carbocycles. The van der Waals surface area contributed by atoms with Crippen LogP contribution in [0.25, 0.3) is 0 Å². The van der Waals surface area contributed by atoms with E-state index in [1.807, 2.05) is 0 Å². The van der Waals surface area contributed by atoms with Crippen molar-refractivity contribution in [1.82, 2.24) is 0 Å². The number of hydrogen-bond donors (Lipinski definition) is 0. The summed E-state index contributed by atoms with van der Waals surface area (Å²) in [6, 6.07) is 0. The van der Waals surface area contributed by atoms with Crippen molar-refractivity contribution < 1.29 is 30.4 Å². The molecule has 0 N–H and O–H groups in total. The molecule has 0 unspecified atom stereocenters. The summed E-state index contributed by atoms with van der Waals surface area (Å²) >= 11 is 0. The van der Waals surface area contributed by atoms with Gasteiger partial charge in [0.15, 0.2) is 0 Å². The van der Waals surface area contributed by atoms with E-state index in [0.29, 0.717) is 0 Å². The minimum Gasteiger partial charge on any atom is -0.281 e. The molecule has 0 atom stereocenters. The predicted molar refractivity (Wildman–Crippen MR) is 40.3 cm³/mol. The lowest BCUT2D eigenvalue weighted by atomic mass is 10.4. The minimum absolute atomic E-state index is 0.402. The maximum atomic E-state index is 12.4. The van der Waals surface area contributed by atoms with Gasteiger partial charge in [-0.3, -0.25) is 13.2 Å². The van der Waals surface area contributed by atoms with Gasteiger partial charge in [0, 0.05) is 0 Å². The Morgan fingerprint density at radius 1 is 1.46 bits per heavy atom. The zero-order chi connectivity index (χ0) is 10.1. The van der Waals surface area contributed by atoms with Crippen LogP contribution < -0.4 is 0 Å². The van der Waals surface area contributed by atoms with Crippen molar-refractivity contribution in [2.45, 2.75) is 6.10 Å². The lowest BCUT2D eigenvalue weighted by Crippen LogP contribution is -2.30. The molecule has 9 heteroatoms. The zero-order valence-electron chi connectivity index (χ0n) is 6.67. The van der Waals surface area contributed by atoms with Gasteiger partial charge in [-0.15, -0.1) is 4.20 Å². The average Bonchev–Trinajstić information content (AvgIpc) is 1.91. The van der Waals surface area contributed by atoms with E-state index in [1.165, 1.54) is 0 Å². The first-order valence-corrected chi connectivity index (χ1v) is 6.50. The molecule has 0 aromatic heterocycles. The van der Waals surface area contributed by atoms with Crippen LogP contribution in [-0.2, 0) is 27.9 Å². The molecule has 1 heterocycles. The van der Waals surface area contributed by atoms with Gasteiger partial charge in [0.05, 0.1) is 19.5 Å². The summed E-state index contributed by atoms with van der Waals surface area (Å²) in [5, 5.41) is 0. The highest BCUT2D eigenvalue weighted by molar-refractivity contribution is 7.86. The molecule has 1 aliphatic heterocycles. The third kappa shape index (κ3) is 4.15. The van der Waals surface area contributed by atoms with Crippen LogP contribution in [0, 0.1) is 0 Å². The molecule has 78 valence electrons. The summed E-state index contributed by atoms with van der Waals surface area (Å²) in [5.74, 6) is 0. The standard InChI is InChI=1S/C4H8FO6PS/c1-13(7,8)11-4-2-9-12(5,6)10-3-4/h4H,2-3H2,1H3. The number of hydrogen-bond acceptors (Lipinski definition) is 6. The Morgan fingerprint density at radius 3 is 2.31 bits per heavy atom. The van der Waals surface area contributed by atoms with E-state index in [1.54, 1.807) is 0 Å². The summed E-state index contributed by atoms with van der Waals surface area (Å²) in [4.78, 5) is 0. The van der Waals surface area contributed by atoms with Gasteiger partial charge in [-0.1, -0.05) is 0 Å². The Morgan fingerprint density at radius 2 is 1.92 bits per heavy atom. The largest absolute Gasteiger partial charge is 0.513 e. The van der Waals surface area contributed by atoms with Crippen molar-refractivity contribution in [1.29, 1.82) is 0 Å². The molecule has 0 aromatic carbocycles. The Labute approximate surface area is 74.8 Å².